The molecule has 0 spiro atoms. The highest BCUT2D eigenvalue weighted by Crippen LogP contribution is 2.15. The number of aromatic nitrogens is 1. The highest BCUT2D eigenvalue weighted by atomic mass is 19.1. The summed E-state index contributed by atoms with van der Waals surface area (Å²) < 4.78 is 13.2. The van der Waals surface area contributed by atoms with Crippen LogP contribution in [0.25, 0.3) is 10.9 Å². The van der Waals surface area contributed by atoms with Gasteiger partial charge in [-0.05, 0) is 48.6 Å². The van der Waals surface area contributed by atoms with Crippen LogP contribution in [0.3, 0.4) is 0 Å². The second-order valence-electron chi connectivity index (χ2n) is 5.88. The van der Waals surface area contributed by atoms with E-state index in [0.717, 1.165) is 35.7 Å². The zero-order valence-electron chi connectivity index (χ0n) is 14.3. The monoisotopic (exact) mass is 338 g/mol. The molecule has 5 heteroatoms. The van der Waals surface area contributed by atoms with Gasteiger partial charge in [0.1, 0.15) is 5.82 Å². The van der Waals surface area contributed by atoms with Gasteiger partial charge in [0.15, 0.2) is 5.96 Å². The molecule has 3 rings (SSSR count). The summed E-state index contributed by atoms with van der Waals surface area (Å²) in [6.45, 7) is 4.09. The summed E-state index contributed by atoms with van der Waals surface area (Å²) in [4.78, 5) is 7.99. The van der Waals surface area contributed by atoms with E-state index >= 15 is 0 Å². The zero-order valence-corrected chi connectivity index (χ0v) is 14.3. The molecule has 1 aromatic heterocycles. The molecule has 2 aromatic carbocycles. The molecule has 25 heavy (non-hydrogen) atoms. The van der Waals surface area contributed by atoms with E-state index in [9.17, 15) is 4.39 Å². The first-order valence-electron chi connectivity index (χ1n) is 8.58. The van der Waals surface area contributed by atoms with Crippen molar-refractivity contribution in [2.24, 2.45) is 4.99 Å². The van der Waals surface area contributed by atoms with E-state index < -0.39 is 0 Å². The molecule has 0 bridgehead atoms. The SMILES string of the molecule is CCNC(=NCc1cc2ccccc2[nH]1)NCCc1cccc(F)c1. The van der Waals surface area contributed by atoms with Crippen LogP contribution < -0.4 is 10.6 Å². The van der Waals surface area contributed by atoms with Gasteiger partial charge in [0.05, 0.1) is 6.54 Å². The van der Waals surface area contributed by atoms with E-state index in [2.05, 4.69) is 38.8 Å². The Balaban J connectivity index is 1.58. The van der Waals surface area contributed by atoms with Crippen LogP contribution in [-0.2, 0) is 13.0 Å². The number of aromatic amines is 1. The van der Waals surface area contributed by atoms with Crippen LogP contribution in [-0.4, -0.2) is 24.0 Å². The lowest BCUT2D eigenvalue weighted by atomic mass is 10.1. The number of guanidine groups is 1. The number of hydrogen-bond donors (Lipinski definition) is 3. The molecule has 3 aromatic rings. The van der Waals surface area contributed by atoms with Crippen molar-refractivity contribution >= 4 is 16.9 Å². The van der Waals surface area contributed by atoms with Crippen LogP contribution in [0.2, 0.25) is 0 Å². The summed E-state index contributed by atoms with van der Waals surface area (Å²) in [6.07, 6.45) is 0.745. The van der Waals surface area contributed by atoms with E-state index in [0.29, 0.717) is 13.1 Å². The third-order valence-corrected chi connectivity index (χ3v) is 3.93. The average molecular weight is 338 g/mol. The van der Waals surface area contributed by atoms with Gasteiger partial charge in [-0.2, -0.15) is 0 Å². The number of para-hydroxylation sites is 1. The van der Waals surface area contributed by atoms with Gasteiger partial charge in [0.2, 0.25) is 0 Å². The molecule has 1 heterocycles. The lowest BCUT2D eigenvalue weighted by molar-refractivity contribution is 0.625. The summed E-state index contributed by atoms with van der Waals surface area (Å²) in [6, 6.07) is 17.0. The molecular weight excluding hydrogens is 315 g/mol. The number of nitrogens with one attached hydrogen (secondary N) is 3. The number of hydrogen-bond acceptors (Lipinski definition) is 1. The van der Waals surface area contributed by atoms with Gasteiger partial charge < -0.3 is 15.6 Å². The molecule has 3 N–H and O–H groups in total. The minimum Gasteiger partial charge on any atom is -0.357 e. The minimum atomic E-state index is -0.197. The first kappa shape index (κ1) is 17.0. The van der Waals surface area contributed by atoms with Gasteiger partial charge >= 0.3 is 0 Å². The largest absolute Gasteiger partial charge is 0.357 e. The second-order valence-corrected chi connectivity index (χ2v) is 5.88. The summed E-state index contributed by atoms with van der Waals surface area (Å²) in [5.41, 5.74) is 3.17. The third kappa shape index (κ3) is 4.83. The van der Waals surface area contributed by atoms with Crippen LogP contribution in [0.4, 0.5) is 4.39 Å². The lowest BCUT2D eigenvalue weighted by Gasteiger charge is -2.11. The molecule has 0 atom stereocenters. The Morgan fingerprint density at radius 1 is 1.08 bits per heavy atom. The maximum absolute atomic E-state index is 13.2. The van der Waals surface area contributed by atoms with Gasteiger partial charge in [-0.1, -0.05) is 30.3 Å². The number of H-pyrrole nitrogens is 1. The second kappa shape index (κ2) is 8.33. The van der Waals surface area contributed by atoms with Gasteiger partial charge in [0, 0.05) is 24.3 Å². The Morgan fingerprint density at radius 2 is 1.96 bits per heavy atom. The zero-order chi connectivity index (χ0) is 17.5. The fourth-order valence-electron chi connectivity index (χ4n) is 2.74. The van der Waals surface area contributed by atoms with Gasteiger partial charge in [-0.3, -0.25) is 0 Å². The maximum Gasteiger partial charge on any atom is 0.191 e. The molecule has 0 aliphatic heterocycles. The Kier molecular flexibility index (Phi) is 5.67. The van der Waals surface area contributed by atoms with E-state index in [-0.39, 0.29) is 5.82 Å². The molecule has 0 amide bonds. The maximum atomic E-state index is 13.2. The number of rotatable bonds is 6. The molecule has 4 nitrogen and oxygen atoms in total. The quantitative estimate of drug-likeness (QED) is 0.475. The summed E-state index contributed by atoms with van der Waals surface area (Å²) in [5.74, 6) is 0.564. The molecule has 0 saturated heterocycles. The van der Waals surface area contributed by atoms with Gasteiger partial charge in [-0.15, -0.1) is 0 Å². The normalized spacial score (nSPS) is 11.7. The molecule has 0 aliphatic carbocycles. The Labute approximate surface area is 147 Å². The summed E-state index contributed by atoms with van der Waals surface area (Å²) >= 11 is 0. The molecule has 0 fully saturated rings. The highest BCUT2D eigenvalue weighted by molar-refractivity contribution is 5.81. The van der Waals surface area contributed by atoms with Crippen molar-refractivity contribution in [2.75, 3.05) is 13.1 Å². The van der Waals surface area contributed by atoms with Crippen LogP contribution in [0, 0.1) is 5.82 Å². The Morgan fingerprint density at radius 3 is 2.76 bits per heavy atom. The van der Waals surface area contributed by atoms with Gasteiger partial charge in [-0.25, -0.2) is 9.38 Å². The van der Waals surface area contributed by atoms with Crippen LogP contribution in [0.15, 0.2) is 59.6 Å². The van der Waals surface area contributed by atoms with Crippen molar-refractivity contribution in [1.29, 1.82) is 0 Å². The molecule has 130 valence electrons. The van der Waals surface area contributed by atoms with E-state index in [1.807, 2.05) is 25.1 Å². The molecule has 0 radical (unpaired) electrons. The average Bonchev–Trinajstić information content (AvgIpc) is 3.03. The van der Waals surface area contributed by atoms with Crippen LogP contribution >= 0.6 is 0 Å². The first-order chi connectivity index (χ1) is 12.2. The summed E-state index contributed by atoms with van der Waals surface area (Å²) in [7, 11) is 0. The number of nitrogens with zero attached hydrogens (tertiary/aromatic N) is 1. The lowest BCUT2D eigenvalue weighted by Crippen LogP contribution is -2.38. The third-order valence-electron chi connectivity index (χ3n) is 3.93. The van der Waals surface area contributed by atoms with Crippen molar-refractivity contribution in [1.82, 2.24) is 15.6 Å². The predicted octanol–water partition coefficient (Wildman–Crippen LogP) is 3.60. The van der Waals surface area contributed by atoms with Crippen molar-refractivity contribution < 1.29 is 4.39 Å². The Bertz CT molecular complexity index is 821. The topological polar surface area (TPSA) is 52.2 Å². The highest BCUT2D eigenvalue weighted by Gasteiger charge is 2.02. The molecular formula is C20H23FN4. The summed E-state index contributed by atoms with van der Waals surface area (Å²) in [5, 5.41) is 7.72. The van der Waals surface area contributed by atoms with Crippen LogP contribution in [0.1, 0.15) is 18.2 Å². The van der Waals surface area contributed by atoms with E-state index in [1.165, 1.54) is 11.5 Å². The standard InChI is InChI=1S/C20H23FN4/c1-2-22-20(23-11-10-15-6-5-8-17(21)12-15)24-14-18-13-16-7-3-4-9-19(16)25-18/h3-9,12-13,25H,2,10-11,14H2,1H3,(H2,22,23,24). The fourth-order valence-corrected chi connectivity index (χ4v) is 2.74. The predicted molar refractivity (Wildman–Crippen MR) is 101 cm³/mol. The van der Waals surface area contributed by atoms with E-state index in [4.69, 9.17) is 0 Å². The van der Waals surface area contributed by atoms with Gasteiger partial charge in [0.25, 0.3) is 0 Å². The number of halogens is 1. The van der Waals surface area contributed by atoms with E-state index in [1.54, 1.807) is 12.1 Å². The minimum absolute atomic E-state index is 0.197. The van der Waals surface area contributed by atoms with Crippen molar-refractivity contribution in [3.8, 4) is 0 Å². The molecule has 0 unspecified atom stereocenters. The van der Waals surface area contributed by atoms with Crippen molar-refractivity contribution in [2.45, 2.75) is 19.9 Å². The number of fused-ring (bicyclic) bond motifs is 1. The smallest absolute Gasteiger partial charge is 0.191 e. The first-order valence-corrected chi connectivity index (χ1v) is 8.58. The fraction of sp³-hybridized carbons (Fsp3) is 0.250. The molecule has 0 aliphatic rings. The van der Waals surface area contributed by atoms with Crippen molar-refractivity contribution in [3.63, 3.8) is 0 Å². The molecule has 0 saturated carbocycles. The number of aliphatic imine (C=N–C) groups is 1. The Hall–Kier alpha value is -2.82. The van der Waals surface area contributed by atoms with Crippen LogP contribution in [0.5, 0.6) is 0 Å². The number of benzene rings is 2. The van der Waals surface area contributed by atoms with Crippen molar-refractivity contribution in [3.05, 3.63) is 71.7 Å².